The summed E-state index contributed by atoms with van der Waals surface area (Å²) in [7, 11) is 0. The van der Waals surface area contributed by atoms with Crippen molar-refractivity contribution >= 4 is 10.8 Å². The molecule has 0 aliphatic rings. The molecular formula is C18H21N3O2. The Labute approximate surface area is 134 Å². The van der Waals surface area contributed by atoms with Gasteiger partial charge in [0.1, 0.15) is 11.5 Å². The number of benzene rings is 1. The lowest BCUT2D eigenvalue weighted by Crippen LogP contribution is -2.36. The van der Waals surface area contributed by atoms with Crippen molar-refractivity contribution in [3.05, 3.63) is 64.5 Å². The van der Waals surface area contributed by atoms with Crippen molar-refractivity contribution in [2.75, 3.05) is 0 Å². The predicted molar refractivity (Wildman–Crippen MR) is 90.5 cm³/mol. The highest BCUT2D eigenvalue weighted by atomic mass is 16.3. The van der Waals surface area contributed by atoms with Gasteiger partial charge in [0.25, 0.3) is 5.56 Å². The molecule has 0 aliphatic carbocycles. The second-order valence-electron chi connectivity index (χ2n) is 5.96. The van der Waals surface area contributed by atoms with Crippen molar-refractivity contribution < 1.29 is 4.42 Å². The van der Waals surface area contributed by atoms with Gasteiger partial charge >= 0.3 is 0 Å². The Hall–Kier alpha value is -2.40. The zero-order valence-corrected chi connectivity index (χ0v) is 13.6. The molecule has 5 nitrogen and oxygen atoms in total. The summed E-state index contributed by atoms with van der Waals surface area (Å²) in [6.45, 7) is 6.52. The highest BCUT2D eigenvalue weighted by Crippen LogP contribution is 2.16. The number of fused-ring (bicyclic) bond motifs is 1. The monoisotopic (exact) mass is 311 g/mol. The average molecular weight is 311 g/mol. The molecule has 23 heavy (non-hydrogen) atoms. The van der Waals surface area contributed by atoms with Crippen LogP contribution in [0.4, 0.5) is 0 Å². The molecule has 3 aromatic rings. The molecule has 2 atom stereocenters. The Morgan fingerprint density at radius 3 is 2.74 bits per heavy atom. The third-order valence-electron chi connectivity index (χ3n) is 3.93. The zero-order chi connectivity index (χ0) is 16.4. The van der Waals surface area contributed by atoms with Gasteiger partial charge in [-0.05, 0) is 39.0 Å². The Bertz CT molecular complexity index is 866. The van der Waals surface area contributed by atoms with Gasteiger partial charge in [-0.2, -0.15) is 5.10 Å². The molecule has 0 amide bonds. The van der Waals surface area contributed by atoms with Crippen LogP contribution in [0.5, 0.6) is 0 Å². The Kier molecular flexibility index (Phi) is 4.30. The maximum Gasteiger partial charge on any atom is 0.274 e. The quantitative estimate of drug-likeness (QED) is 0.787. The topological polar surface area (TPSA) is 60.1 Å². The van der Waals surface area contributed by atoms with Crippen LogP contribution < -0.4 is 10.9 Å². The van der Waals surface area contributed by atoms with Gasteiger partial charge < -0.3 is 9.73 Å². The number of rotatable bonds is 5. The molecule has 120 valence electrons. The Morgan fingerprint density at radius 1 is 1.22 bits per heavy atom. The lowest BCUT2D eigenvalue weighted by atomic mass is 10.2. The zero-order valence-electron chi connectivity index (χ0n) is 13.6. The van der Waals surface area contributed by atoms with Crippen LogP contribution in [0.1, 0.15) is 31.4 Å². The number of nitrogens with one attached hydrogen (secondary N) is 1. The van der Waals surface area contributed by atoms with E-state index in [1.165, 1.54) is 4.68 Å². The maximum absolute atomic E-state index is 12.5. The molecule has 0 fully saturated rings. The average Bonchev–Trinajstić information content (AvgIpc) is 2.97. The largest absolute Gasteiger partial charge is 0.465 e. The smallest absolute Gasteiger partial charge is 0.274 e. The number of hydrogen-bond donors (Lipinski definition) is 1. The lowest BCUT2D eigenvalue weighted by molar-refractivity contribution is 0.359. The minimum absolute atomic E-state index is 0.0572. The van der Waals surface area contributed by atoms with Gasteiger partial charge in [0.15, 0.2) is 0 Å². The van der Waals surface area contributed by atoms with Gasteiger partial charge in [-0.3, -0.25) is 4.79 Å². The van der Waals surface area contributed by atoms with Crippen LogP contribution in [0.25, 0.3) is 10.8 Å². The minimum Gasteiger partial charge on any atom is -0.465 e. The van der Waals surface area contributed by atoms with Crippen molar-refractivity contribution in [3.8, 4) is 0 Å². The standard InChI is InChI=1S/C18H21N3O2/c1-12(20-14(3)17-9-8-13(2)23-17)11-21-18(22)16-7-5-4-6-15(16)10-19-21/h4-10,12,14,20H,11H2,1-3H3/t12-,14+/m0/s1. The van der Waals surface area contributed by atoms with Crippen molar-refractivity contribution in [3.63, 3.8) is 0 Å². The molecule has 0 aliphatic heterocycles. The summed E-state index contributed by atoms with van der Waals surface area (Å²) >= 11 is 0. The van der Waals surface area contributed by atoms with Crippen LogP contribution in [0.15, 0.2) is 51.8 Å². The summed E-state index contributed by atoms with van der Waals surface area (Å²) in [5.41, 5.74) is -0.0572. The third kappa shape index (κ3) is 3.35. The van der Waals surface area contributed by atoms with Crippen LogP contribution in [0.2, 0.25) is 0 Å². The Morgan fingerprint density at radius 2 is 2.00 bits per heavy atom. The van der Waals surface area contributed by atoms with Gasteiger partial charge in [-0.15, -0.1) is 0 Å². The molecule has 2 heterocycles. The molecule has 0 saturated carbocycles. The van der Waals surface area contributed by atoms with Gasteiger partial charge in [0.2, 0.25) is 0 Å². The molecule has 1 N–H and O–H groups in total. The predicted octanol–water partition coefficient (Wildman–Crippen LogP) is 3.04. The highest BCUT2D eigenvalue weighted by molar-refractivity contribution is 5.80. The molecule has 5 heteroatoms. The van der Waals surface area contributed by atoms with Crippen molar-refractivity contribution in [2.45, 2.75) is 39.4 Å². The summed E-state index contributed by atoms with van der Waals surface area (Å²) in [5.74, 6) is 1.79. The second kappa shape index (κ2) is 6.38. The summed E-state index contributed by atoms with van der Waals surface area (Å²) < 4.78 is 7.15. The molecular weight excluding hydrogens is 290 g/mol. The van der Waals surface area contributed by atoms with E-state index in [0.29, 0.717) is 11.9 Å². The SMILES string of the molecule is Cc1ccc([C@@H](C)N[C@@H](C)Cn2ncc3ccccc3c2=O)o1. The molecule has 0 radical (unpaired) electrons. The van der Waals surface area contributed by atoms with Crippen molar-refractivity contribution in [1.29, 1.82) is 0 Å². The number of hydrogen-bond acceptors (Lipinski definition) is 4. The first-order valence-corrected chi connectivity index (χ1v) is 7.82. The number of aromatic nitrogens is 2. The normalized spacial score (nSPS) is 14.0. The first-order valence-electron chi connectivity index (χ1n) is 7.82. The van der Waals surface area contributed by atoms with E-state index in [1.54, 1.807) is 6.20 Å². The number of nitrogens with zero attached hydrogens (tertiary/aromatic N) is 2. The lowest BCUT2D eigenvalue weighted by Gasteiger charge is -2.19. The molecule has 0 saturated heterocycles. The minimum atomic E-state index is -0.0572. The van der Waals surface area contributed by atoms with Gasteiger partial charge in [0.05, 0.1) is 24.2 Å². The van der Waals surface area contributed by atoms with E-state index in [1.807, 2.05) is 57.2 Å². The third-order valence-corrected chi connectivity index (χ3v) is 3.93. The molecule has 2 aromatic heterocycles. The van der Waals surface area contributed by atoms with Gasteiger partial charge in [-0.1, -0.05) is 18.2 Å². The van der Waals surface area contributed by atoms with E-state index in [-0.39, 0.29) is 17.6 Å². The van der Waals surface area contributed by atoms with Gasteiger partial charge in [0, 0.05) is 11.4 Å². The fourth-order valence-corrected chi connectivity index (χ4v) is 2.76. The first-order chi connectivity index (χ1) is 11.0. The van der Waals surface area contributed by atoms with Crippen LogP contribution in [-0.4, -0.2) is 15.8 Å². The highest BCUT2D eigenvalue weighted by Gasteiger charge is 2.14. The van der Waals surface area contributed by atoms with E-state index in [2.05, 4.69) is 10.4 Å². The van der Waals surface area contributed by atoms with Crippen molar-refractivity contribution in [1.82, 2.24) is 15.1 Å². The number of furan rings is 1. The molecule has 0 unspecified atom stereocenters. The molecule has 3 rings (SSSR count). The molecule has 0 bridgehead atoms. The van der Waals surface area contributed by atoms with Crippen LogP contribution in [0.3, 0.4) is 0 Å². The van der Waals surface area contributed by atoms with Crippen LogP contribution >= 0.6 is 0 Å². The van der Waals surface area contributed by atoms with E-state index in [9.17, 15) is 4.79 Å². The summed E-state index contributed by atoms with van der Waals surface area (Å²) in [4.78, 5) is 12.5. The van der Waals surface area contributed by atoms with E-state index < -0.39 is 0 Å². The van der Waals surface area contributed by atoms with Gasteiger partial charge in [-0.25, -0.2) is 4.68 Å². The fourth-order valence-electron chi connectivity index (χ4n) is 2.76. The molecule has 0 spiro atoms. The van der Waals surface area contributed by atoms with Crippen LogP contribution in [0, 0.1) is 6.92 Å². The number of aryl methyl sites for hydroxylation is 1. The summed E-state index contributed by atoms with van der Waals surface area (Å²) in [5, 5.41) is 9.28. The fraction of sp³-hybridized carbons (Fsp3) is 0.333. The first kappa shape index (κ1) is 15.5. The summed E-state index contributed by atoms with van der Waals surface area (Å²) in [6, 6.07) is 11.6. The molecule has 1 aromatic carbocycles. The van der Waals surface area contributed by atoms with E-state index in [0.717, 1.165) is 16.9 Å². The second-order valence-corrected chi connectivity index (χ2v) is 5.96. The Balaban J connectivity index is 1.74. The summed E-state index contributed by atoms with van der Waals surface area (Å²) in [6.07, 6.45) is 1.74. The maximum atomic E-state index is 12.5. The van der Waals surface area contributed by atoms with Crippen LogP contribution in [-0.2, 0) is 6.54 Å². The van der Waals surface area contributed by atoms with Crippen molar-refractivity contribution in [2.24, 2.45) is 0 Å². The van der Waals surface area contributed by atoms with E-state index in [4.69, 9.17) is 4.42 Å². The van der Waals surface area contributed by atoms with E-state index >= 15 is 0 Å².